The molecule has 0 saturated heterocycles. The lowest BCUT2D eigenvalue weighted by atomic mass is 10.1. The SMILES string of the molecule is COc1ccc2cc(NN)c(CC3CC3)nc2c1. The summed E-state index contributed by atoms with van der Waals surface area (Å²) >= 11 is 0. The fourth-order valence-corrected chi connectivity index (χ4v) is 2.19. The zero-order valence-electron chi connectivity index (χ0n) is 10.4. The molecule has 94 valence electrons. The number of methoxy groups -OCH3 is 1. The lowest BCUT2D eigenvalue weighted by molar-refractivity contribution is 0.415. The van der Waals surface area contributed by atoms with Gasteiger partial charge in [-0.15, -0.1) is 0 Å². The molecule has 1 aromatic carbocycles. The summed E-state index contributed by atoms with van der Waals surface area (Å²) in [6.45, 7) is 0. The maximum Gasteiger partial charge on any atom is 0.121 e. The van der Waals surface area contributed by atoms with Gasteiger partial charge < -0.3 is 10.2 Å². The second-order valence-corrected chi connectivity index (χ2v) is 4.83. The van der Waals surface area contributed by atoms with Gasteiger partial charge in [0.2, 0.25) is 0 Å². The number of nitrogen functional groups attached to an aromatic ring is 1. The van der Waals surface area contributed by atoms with Gasteiger partial charge in [-0.25, -0.2) is 0 Å². The van der Waals surface area contributed by atoms with Crippen molar-refractivity contribution in [2.75, 3.05) is 12.5 Å². The Balaban J connectivity index is 2.07. The molecule has 0 unspecified atom stereocenters. The summed E-state index contributed by atoms with van der Waals surface area (Å²) in [6, 6.07) is 7.96. The normalized spacial score (nSPS) is 14.8. The smallest absolute Gasteiger partial charge is 0.121 e. The minimum atomic E-state index is 0.785. The molecular formula is C14H17N3O. The van der Waals surface area contributed by atoms with Gasteiger partial charge in [0.05, 0.1) is 24.0 Å². The lowest BCUT2D eigenvalue weighted by Crippen LogP contribution is -2.11. The van der Waals surface area contributed by atoms with Crippen LogP contribution < -0.4 is 16.0 Å². The van der Waals surface area contributed by atoms with Crippen molar-refractivity contribution in [2.24, 2.45) is 11.8 Å². The van der Waals surface area contributed by atoms with Crippen LogP contribution in [0, 0.1) is 5.92 Å². The molecule has 1 aliphatic carbocycles. The molecule has 0 spiro atoms. The van der Waals surface area contributed by atoms with E-state index in [-0.39, 0.29) is 0 Å². The van der Waals surface area contributed by atoms with Crippen LogP contribution in [0.4, 0.5) is 5.69 Å². The minimum Gasteiger partial charge on any atom is -0.497 e. The summed E-state index contributed by atoms with van der Waals surface area (Å²) in [5.74, 6) is 7.20. The van der Waals surface area contributed by atoms with E-state index >= 15 is 0 Å². The first-order valence-corrected chi connectivity index (χ1v) is 6.24. The standard InChI is InChI=1S/C14H17N3O/c1-18-11-5-4-10-7-14(17-15)13(6-9-2-3-9)16-12(10)8-11/h4-5,7-9,17H,2-3,6,15H2,1H3. The molecule has 0 bridgehead atoms. The van der Waals surface area contributed by atoms with Crippen molar-refractivity contribution >= 4 is 16.6 Å². The molecular weight excluding hydrogens is 226 g/mol. The number of hydrazine groups is 1. The van der Waals surface area contributed by atoms with Gasteiger partial charge in [-0.05, 0) is 43.4 Å². The van der Waals surface area contributed by atoms with Crippen LogP contribution in [0.25, 0.3) is 10.9 Å². The number of hydrogen-bond acceptors (Lipinski definition) is 4. The van der Waals surface area contributed by atoms with Crippen LogP contribution in [0.2, 0.25) is 0 Å². The molecule has 1 heterocycles. The zero-order chi connectivity index (χ0) is 12.5. The number of aromatic nitrogens is 1. The van der Waals surface area contributed by atoms with E-state index in [4.69, 9.17) is 15.6 Å². The monoisotopic (exact) mass is 243 g/mol. The third kappa shape index (κ3) is 2.11. The number of nitrogens with one attached hydrogen (secondary N) is 1. The molecule has 0 atom stereocenters. The predicted molar refractivity (Wildman–Crippen MR) is 72.5 cm³/mol. The van der Waals surface area contributed by atoms with Crippen molar-refractivity contribution in [3.63, 3.8) is 0 Å². The fraction of sp³-hybridized carbons (Fsp3) is 0.357. The van der Waals surface area contributed by atoms with Crippen molar-refractivity contribution in [3.05, 3.63) is 30.0 Å². The maximum absolute atomic E-state index is 5.58. The van der Waals surface area contributed by atoms with Crippen molar-refractivity contribution in [1.82, 2.24) is 4.98 Å². The first-order chi connectivity index (χ1) is 8.80. The van der Waals surface area contributed by atoms with E-state index in [2.05, 4.69) is 11.5 Å². The molecule has 0 aliphatic heterocycles. The number of hydrogen-bond donors (Lipinski definition) is 2. The van der Waals surface area contributed by atoms with Crippen LogP contribution in [0.5, 0.6) is 5.75 Å². The Kier molecular flexibility index (Phi) is 2.80. The van der Waals surface area contributed by atoms with Gasteiger partial charge in [-0.3, -0.25) is 10.8 Å². The summed E-state index contributed by atoms with van der Waals surface area (Å²) < 4.78 is 5.23. The number of fused-ring (bicyclic) bond motifs is 1. The first kappa shape index (κ1) is 11.3. The predicted octanol–water partition coefficient (Wildman–Crippen LogP) is 2.48. The van der Waals surface area contributed by atoms with E-state index < -0.39 is 0 Å². The van der Waals surface area contributed by atoms with Crippen LogP contribution in [-0.4, -0.2) is 12.1 Å². The highest BCUT2D eigenvalue weighted by Crippen LogP contribution is 2.35. The van der Waals surface area contributed by atoms with Crippen molar-refractivity contribution < 1.29 is 4.74 Å². The molecule has 18 heavy (non-hydrogen) atoms. The number of ether oxygens (including phenoxy) is 1. The topological polar surface area (TPSA) is 60.2 Å². The Hall–Kier alpha value is -1.81. The van der Waals surface area contributed by atoms with Crippen LogP contribution in [-0.2, 0) is 6.42 Å². The van der Waals surface area contributed by atoms with Crippen molar-refractivity contribution in [1.29, 1.82) is 0 Å². The van der Waals surface area contributed by atoms with Crippen molar-refractivity contribution in [3.8, 4) is 5.75 Å². The van der Waals surface area contributed by atoms with Gasteiger partial charge in [0.1, 0.15) is 5.75 Å². The number of pyridine rings is 1. The molecule has 1 aromatic heterocycles. The first-order valence-electron chi connectivity index (χ1n) is 6.24. The number of anilines is 1. The molecule has 0 amide bonds. The zero-order valence-corrected chi connectivity index (χ0v) is 10.4. The third-order valence-electron chi connectivity index (χ3n) is 3.44. The van der Waals surface area contributed by atoms with Gasteiger partial charge in [0.25, 0.3) is 0 Å². The Morgan fingerprint density at radius 1 is 1.39 bits per heavy atom. The maximum atomic E-state index is 5.58. The molecule has 1 saturated carbocycles. The summed E-state index contributed by atoms with van der Waals surface area (Å²) in [4.78, 5) is 4.71. The van der Waals surface area contributed by atoms with E-state index in [1.165, 1.54) is 12.8 Å². The van der Waals surface area contributed by atoms with E-state index in [0.717, 1.165) is 40.4 Å². The Bertz CT molecular complexity index is 579. The quantitative estimate of drug-likeness (QED) is 0.639. The van der Waals surface area contributed by atoms with Crippen LogP contribution in [0.15, 0.2) is 24.3 Å². The average Bonchev–Trinajstić information content (AvgIpc) is 3.21. The Labute approximate surface area is 106 Å². The van der Waals surface area contributed by atoms with Crippen LogP contribution in [0.3, 0.4) is 0 Å². The Morgan fingerprint density at radius 2 is 2.22 bits per heavy atom. The average molecular weight is 243 g/mol. The highest BCUT2D eigenvalue weighted by Gasteiger charge is 2.23. The van der Waals surface area contributed by atoms with Gasteiger partial charge in [-0.2, -0.15) is 0 Å². The molecule has 3 rings (SSSR count). The summed E-state index contributed by atoms with van der Waals surface area (Å²) in [5.41, 5.74) is 5.70. The van der Waals surface area contributed by atoms with E-state index in [9.17, 15) is 0 Å². The second kappa shape index (κ2) is 4.46. The Morgan fingerprint density at radius 3 is 2.89 bits per heavy atom. The van der Waals surface area contributed by atoms with E-state index in [0.29, 0.717) is 0 Å². The number of nitrogens with zero attached hydrogens (tertiary/aromatic N) is 1. The highest BCUT2D eigenvalue weighted by atomic mass is 16.5. The van der Waals surface area contributed by atoms with Gasteiger partial charge in [0.15, 0.2) is 0 Å². The number of rotatable bonds is 4. The summed E-state index contributed by atoms with van der Waals surface area (Å²) in [5, 5.41) is 1.07. The molecule has 4 nitrogen and oxygen atoms in total. The van der Waals surface area contributed by atoms with E-state index in [1.54, 1.807) is 7.11 Å². The third-order valence-corrected chi connectivity index (χ3v) is 3.44. The van der Waals surface area contributed by atoms with Crippen molar-refractivity contribution in [2.45, 2.75) is 19.3 Å². The van der Waals surface area contributed by atoms with Gasteiger partial charge >= 0.3 is 0 Å². The number of nitrogens with two attached hydrogens (primary N) is 1. The molecule has 2 aromatic rings. The summed E-state index contributed by atoms with van der Waals surface area (Å²) in [7, 11) is 1.67. The molecule has 1 aliphatic rings. The summed E-state index contributed by atoms with van der Waals surface area (Å²) in [6.07, 6.45) is 3.62. The second-order valence-electron chi connectivity index (χ2n) is 4.83. The van der Waals surface area contributed by atoms with Crippen LogP contribution >= 0.6 is 0 Å². The molecule has 3 N–H and O–H groups in total. The van der Waals surface area contributed by atoms with E-state index in [1.807, 2.05) is 18.2 Å². The lowest BCUT2D eigenvalue weighted by Gasteiger charge is -2.10. The fourth-order valence-electron chi connectivity index (χ4n) is 2.19. The van der Waals surface area contributed by atoms with Gasteiger partial charge in [-0.1, -0.05) is 0 Å². The van der Waals surface area contributed by atoms with Gasteiger partial charge in [0, 0.05) is 11.5 Å². The molecule has 1 fully saturated rings. The molecule has 0 radical (unpaired) electrons. The largest absolute Gasteiger partial charge is 0.497 e. The number of benzene rings is 1. The van der Waals surface area contributed by atoms with Crippen LogP contribution in [0.1, 0.15) is 18.5 Å². The highest BCUT2D eigenvalue weighted by molar-refractivity contribution is 5.84. The minimum absolute atomic E-state index is 0.785. The molecule has 4 heteroatoms.